The van der Waals surface area contributed by atoms with Crippen LogP contribution in [-0.2, 0) is 21.7 Å². The summed E-state index contributed by atoms with van der Waals surface area (Å²) in [5.74, 6) is 0.932. The minimum Gasteiger partial charge on any atom is -0.388 e. The van der Waals surface area contributed by atoms with Gasteiger partial charge in [0.25, 0.3) is 5.91 Å². The summed E-state index contributed by atoms with van der Waals surface area (Å²) >= 11 is 0. The van der Waals surface area contributed by atoms with Gasteiger partial charge in [0.1, 0.15) is 24.4 Å². The first kappa shape index (κ1) is 37.5. The Bertz CT molecular complexity index is 2350. The number of nitrogens with zero attached hydrogens (tertiary/aromatic N) is 11. The van der Waals surface area contributed by atoms with Crippen LogP contribution in [0, 0.1) is 0 Å². The van der Waals surface area contributed by atoms with Crippen LogP contribution in [0.2, 0.25) is 0 Å². The lowest BCUT2D eigenvalue weighted by Crippen LogP contribution is -2.47. The third-order valence-electron chi connectivity index (χ3n) is 11.3. The molecule has 7 heterocycles. The van der Waals surface area contributed by atoms with Crippen molar-refractivity contribution in [3.05, 3.63) is 107 Å². The van der Waals surface area contributed by atoms with Crippen molar-refractivity contribution < 1.29 is 24.5 Å². The second kappa shape index (κ2) is 15.7. The zero-order chi connectivity index (χ0) is 39.8. The summed E-state index contributed by atoms with van der Waals surface area (Å²) in [4.78, 5) is 38.3. The molecule has 9 rings (SSSR count). The summed E-state index contributed by atoms with van der Waals surface area (Å²) in [5.41, 5.74) is 8.10. The summed E-state index contributed by atoms with van der Waals surface area (Å²) < 4.78 is 13.4. The number of aliphatic hydroxyl groups is 2. The number of hydrogen-bond acceptors (Lipinski definition) is 15. The number of carbonyl (C=O) groups is 1. The van der Waals surface area contributed by atoms with Gasteiger partial charge in [0.05, 0.1) is 37.6 Å². The van der Waals surface area contributed by atoms with Gasteiger partial charge in [-0.1, -0.05) is 60.7 Å². The molecule has 4 atom stereocenters. The van der Waals surface area contributed by atoms with E-state index < -0.39 is 23.8 Å². The fourth-order valence-corrected chi connectivity index (χ4v) is 8.20. The highest BCUT2D eigenvalue weighted by atomic mass is 16.6. The number of morpholine rings is 1. The fraction of sp³-hybridized carbons (Fsp3) is 0.400. The SMILES string of the molecule is CCn1nnc([C@@]2(n3cnc4c(NCC(c5ccccc5)c5ccccc5)nc(N5CC[C@@H](c6nc(N7CCOCC7)ccc6C(N)=O)C5)nc43)OC[C@@H](O)[C@H]2O)n1. The van der Waals surface area contributed by atoms with Crippen LogP contribution in [0.25, 0.3) is 11.2 Å². The molecule has 2 aromatic carbocycles. The van der Waals surface area contributed by atoms with E-state index in [0.717, 1.165) is 16.9 Å². The average Bonchev–Trinajstić information content (AvgIpc) is 4.09. The lowest BCUT2D eigenvalue weighted by molar-refractivity contribution is -0.0951. The Kier molecular flexibility index (Phi) is 10.1. The van der Waals surface area contributed by atoms with E-state index in [-0.39, 0.29) is 24.3 Å². The fourth-order valence-electron chi connectivity index (χ4n) is 8.20. The molecule has 4 aromatic heterocycles. The van der Waals surface area contributed by atoms with Crippen molar-refractivity contribution in [3.8, 4) is 0 Å². The van der Waals surface area contributed by atoms with E-state index in [9.17, 15) is 15.0 Å². The van der Waals surface area contributed by atoms with E-state index in [1.807, 2.05) is 54.3 Å². The van der Waals surface area contributed by atoms with Gasteiger partial charge in [-0.15, -0.1) is 10.2 Å². The van der Waals surface area contributed by atoms with Gasteiger partial charge in [-0.2, -0.15) is 14.8 Å². The number of carbonyl (C=O) groups excluding carboxylic acids is 1. The minimum absolute atomic E-state index is 0.0408. The van der Waals surface area contributed by atoms with Crippen LogP contribution >= 0.6 is 0 Å². The zero-order valence-corrected chi connectivity index (χ0v) is 32.0. The molecule has 1 amide bonds. The van der Waals surface area contributed by atoms with E-state index in [4.69, 9.17) is 35.1 Å². The number of aliphatic hydroxyl groups excluding tert-OH is 2. The van der Waals surface area contributed by atoms with E-state index in [1.165, 1.54) is 11.1 Å². The van der Waals surface area contributed by atoms with Gasteiger partial charge in [-0.25, -0.2) is 9.97 Å². The number of rotatable bonds is 12. The van der Waals surface area contributed by atoms with Crippen molar-refractivity contribution in [3.63, 3.8) is 0 Å². The van der Waals surface area contributed by atoms with Gasteiger partial charge >= 0.3 is 0 Å². The van der Waals surface area contributed by atoms with Gasteiger partial charge in [0, 0.05) is 44.6 Å². The summed E-state index contributed by atoms with van der Waals surface area (Å²) in [6, 6.07) is 24.1. The maximum absolute atomic E-state index is 12.7. The van der Waals surface area contributed by atoms with Gasteiger partial charge in [-0.3, -0.25) is 9.36 Å². The van der Waals surface area contributed by atoms with Gasteiger partial charge < -0.3 is 40.5 Å². The Hall–Kier alpha value is -6.08. The van der Waals surface area contributed by atoms with Crippen molar-refractivity contribution in [1.29, 1.82) is 0 Å². The van der Waals surface area contributed by atoms with Crippen LogP contribution in [0.5, 0.6) is 0 Å². The second-order valence-electron chi connectivity index (χ2n) is 14.7. The first-order valence-electron chi connectivity index (χ1n) is 19.6. The third-order valence-corrected chi connectivity index (χ3v) is 11.3. The highest BCUT2D eigenvalue weighted by Gasteiger charge is 2.56. The number of anilines is 3. The molecule has 0 radical (unpaired) electrons. The molecule has 18 nitrogen and oxygen atoms in total. The molecule has 18 heteroatoms. The predicted octanol–water partition coefficient (Wildman–Crippen LogP) is 1.85. The molecule has 0 saturated carbocycles. The van der Waals surface area contributed by atoms with E-state index >= 15 is 0 Å². The number of benzene rings is 2. The van der Waals surface area contributed by atoms with Crippen LogP contribution in [-0.4, -0.2) is 126 Å². The molecule has 300 valence electrons. The topological polar surface area (TPSA) is 221 Å². The summed E-state index contributed by atoms with van der Waals surface area (Å²) in [5, 5.41) is 39.0. The van der Waals surface area contributed by atoms with E-state index in [1.54, 1.807) is 10.6 Å². The van der Waals surface area contributed by atoms with Crippen molar-refractivity contribution >= 4 is 34.7 Å². The summed E-state index contributed by atoms with van der Waals surface area (Å²) in [6.07, 6.45) is -0.568. The van der Waals surface area contributed by atoms with Gasteiger partial charge in [0.2, 0.25) is 17.5 Å². The number of aromatic nitrogens is 9. The quantitative estimate of drug-likeness (QED) is 0.139. The van der Waals surface area contributed by atoms with Gasteiger partial charge in [0.15, 0.2) is 17.0 Å². The minimum atomic E-state index is -1.80. The molecule has 3 aliphatic heterocycles. The van der Waals surface area contributed by atoms with Crippen molar-refractivity contribution in [2.75, 3.05) is 67.7 Å². The zero-order valence-electron chi connectivity index (χ0n) is 32.0. The molecule has 3 aliphatic rings. The maximum atomic E-state index is 12.7. The van der Waals surface area contributed by atoms with E-state index in [0.29, 0.717) is 93.1 Å². The molecule has 3 saturated heterocycles. The number of imidazole rings is 1. The highest BCUT2D eigenvalue weighted by molar-refractivity contribution is 5.94. The van der Waals surface area contributed by atoms with Crippen LogP contribution in [0.1, 0.15) is 58.2 Å². The summed E-state index contributed by atoms with van der Waals surface area (Å²) in [6.45, 7) is 6.18. The molecule has 5 N–H and O–H groups in total. The number of aryl methyl sites for hydroxylation is 1. The van der Waals surface area contributed by atoms with E-state index in [2.05, 4.69) is 49.9 Å². The third kappa shape index (κ3) is 6.76. The van der Waals surface area contributed by atoms with Crippen molar-refractivity contribution in [2.45, 2.75) is 49.7 Å². The number of nitrogens with two attached hydrogens (primary N) is 1. The molecule has 0 bridgehead atoms. The molecular weight excluding hydrogens is 743 g/mol. The summed E-state index contributed by atoms with van der Waals surface area (Å²) in [7, 11) is 0. The van der Waals surface area contributed by atoms with Crippen molar-refractivity contribution in [1.82, 2.24) is 44.7 Å². The van der Waals surface area contributed by atoms with Crippen LogP contribution in [0.4, 0.5) is 17.6 Å². The Labute approximate surface area is 333 Å². The largest absolute Gasteiger partial charge is 0.388 e. The molecule has 0 unspecified atom stereocenters. The molecule has 3 fully saturated rings. The number of pyridine rings is 1. The Morgan fingerprint density at radius 1 is 0.966 bits per heavy atom. The molecular formula is C40H45N13O5. The number of ether oxygens (including phenoxy) is 2. The smallest absolute Gasteiger partial charge is 0.250 e. The lowest BCUT2D eigenvalue weighted by Gasteiger charge is -2.30. The van der Waals surface area contributed by atoms with Crippen LogP contribution in [0.15, 0.2) is 79.1 Å². The Morgan fingerprint density at radius 3 is 2.36 bits per heavy atom. The predicted molar refractivity (Wildman–Crippen MR) is 212 cm³/mol. The Morgan fingerprint density at radius 2 is 1.71 bits per heavy atom. The standard InChI is InChI=1S/C40H45N13O5/c1-2-53-48-38(47-49-53)40(34(55)30(54)23-58-40)52-24-43-33-36(42-21-29(25-9-5-3-6-10-25)26-11-7-4-8-12-26)45-39(46-37(33)52)51-16-15-27(22-51)32-28(35(41)56)13-14-31(44-32)50-17-19-57-20-18-50/h3-14,24,27,29-30,34,54-55H,2,15-23H2,1H3,(H2,41,56)(H,42,45,46)/t27-,30-,34-,40+/m1/s1. The number of amides is 1. The average molecular weight is 788 g/mol. The lowest BCUT2D eigenvalue weighted by atomic mass is 9.91. The number of nitrogens with one attached hydrogen (secondary N) is 1. The highest BCUT2D eigenvalue weighted by Crippen LogP contribution is 2.40. The number of tetrazole rings is 1. The molecule has 0 spiro atoms. The molecule has 58 heavy (non-hydrogen) atoms. The molecule has 6 aromatic rings. The van der Waals surface area contributed by atoms with Crippen LogP contribution in [0.3, 0.4) is 0 Å². The normalized spacial score (nSPS) is 22.3. The van der Waals surface area contributed by atoms with Crippen molar-refractivity contribution in [2.24, 2.45) is 5.73 Å². The number of hydrogen-bond donors (Lipinski definition) is 4. The first-order valence-corrected chi connectivity index (χ1v) is 19.6. The monoisotopic (exact) mass is 787 g/mol. The van der Waals surface area contributed by atoms with Crippen LogP contribution < -0.4 is 20.9 Å². The maximum Gasteiger partial charge on any atom is 0.250 e. The Balaban J connectivity index is 1.13. The number of primary amides is 1. The van der Waals surface area contributed by atoms with Gasteiger partial charge in [-0.05, 0) is 41.8 Å². The number of fused-ring (bicyclic) bond motifs is 1. The molecule has 0 aliphatic carbocycles. The first-order chi connectivity index (χ1) is 28.3. The second-order valence-corrected chi connectivity index (χ2v) is 14.7.